The van der Waals surface area contributed by atoms with Crippen molar-refractivity contribution in [3.8, 4) is 0 Å². The number of pyridine rings is 1. The maximum absolute atomic E-state index is 12.8. The fraction of sp³-hybridized carbons (Fsp3) is 0.333. The van der Waals surface area contributed by atoms with Gasteiger partial charge < -0.3 is 4.98 Å². The van der Waals surface area contributed by atoms with Crippen molar-refractivity contribution in [2.24, 2.45) is 5.92 Å². The van der Waals surface area contributed by atoms with Crippen LogP contribution in [0.2, 0.25) is 0 Å². The molecule has 1 atom stereocenters. The highest BCUT2D eigenvalue weighted by Crippen LogP contribution is 2.14. The molecule has 2 heterocycles. The summed E-state index contributed by atoms with van der Waals surface area (Å²) in [6, 6.07) is 13.7. The maximum Gasteiger partial charge on any atom is 0.224 e. The Kier molecular flexibility index (Phi) is 4.94. The SMILES string of the molecule is CC(C)CN(C)[n+]1ccccc1CS(=O)c1nc2ccccc2[nH]1. The first-order valence-electron chi connectivity index (χ1n) is 8.08. The third-order valence-electron chi connectivity index (χ3n) is 3.78. The molecule has 1 unspecified atom stereocenters. The highest BCUT2D eigenvalue weighted by Gasteiger charge is 2.20. The van der Waals surface area contributed by atoms with Crippen LogP contribution >= 0.6 is 0 Å². The lowest BCUT2D eigenvalue weighted by Crippen LogP contribution is -2.58. The normalized spacial score (nSPS) is 12.7. The van der Waals surface area contributed by atoms with Crippen LogP contribution in [0.25, 0.3) is 11.0 Å². The molecule has 0 fully saturated rings. The molecule has 126 valence electrons. The summed E-state index contributed by atoms with van der Waals surface area (Å²) in [4.78, 5) is 7.62. The van der Waals surface area contributed by atoms with Crippen molar-refractivity contribution in [2.75, 3.05) is 18.6 Å². The van der Waals surface area contributed by atoms with Crippen molar-refractivity contribution >= 4 is 21.8 Å². The summed E-state index contributed by atoms with van der Waals surface area (Å²) >= 11 is 0. The van der Waals surface area contributed by atoms with Gasteiger partial charge in [-0.15, -0.1) is 0 Å². The molecule has 0 saturated heterocycles. The Morgan fingerprint density at radius 1 is 1.21 bits per heavy atom. The minimum absolute atomic E-state index is 0.420. The number of aromatic nitrogens is 3. The Hall–Kier alpha value is -2.21. The van der Waals surface area contributed by atoms with Crippen LogP contribution in [-0.2, 0) is 16.6 Å². The molecule has 0 radical (unpaired) electrons. The monoisotopic (exact) mass is 343 g/mol. The van der Waals surface area contributed by atoms with E-state index in [-0.39, 0.29) is 0 Å². The molecule has 6 heteroatoms. The number of H-pyrrole nitrogens is 1. The molecule has 0 aliphatic rings. The van der Waals surface area contributed by atoms with E-state index in [9.17, 15) is 4.21 Å². The van der Waals surface area contributed by atoms with Crippen molar-refractivity contribution < 1.29 is 8.89 Å². The van der Waals surface area contributed by atoms with Crippen molar-refractivity contribution in [1.29, 1.82) is 0 Å². The molecule has 3 rings (SSSR count). The van der Waals surface area contributed by atoms with Crippen LogP contribution in [0.5, 0.6) is 0 Å². The van der Waals surface area contributed by atoms with E-state index >= 15 is 0 Å². The van der Waals surface area contributed by atoms with Gasteiger partial charge in [0.05, 0.1) is 35.4 Å². The quantitative estimate of drug-likeness (QED) is 0.699. The Bertz CT molecular complexity index is 826. The van der Waals surface area contributed by atoms with E-state index in [1.54, 1.807) is 0 Å². The molecule has 5 nitrogen and oxygen atoms in total. The zero-order valence-corrected chi connectivity index (χ0v) is 15.1. The second kappa shape index (κ2) is 7.13. The van der Waals surface area contributed by atoms with Gasteiger partial charge in [0.2, 0.25) is 5.69 Å². The van der Waals surface area contributed by atoms with Gasteiger partial charge in [-0.1, -0.05) is 30.7 Å². The first kappa shape index (κ1) is 16.6. The number of para-hydroxylation sites is 2. The Morgan fingerprint density at radius 2 is 1.96 bits per heavy atom. The molecule has 0 saturated carbocycles. The van der Waals surface area contributed by atoms with Gasteiger partial charge in [-0.2, -0.15) is 5.01 Å². The largest absolute Gasteiger partial charge is 0.331 e. The average molecular weight is 343 g/mol. The molecule has 0 bridgehead atoms. The minimum atomic E-state index is -1.22. The number of nitrogens with zero attached hydrogens (tertiary/aromatic N) is 3. The molecule has 3 aromatic rings. The molecule has 0 spiro atoms. The average Bonchev–Trinajstić information content (AvgIpc) is 2.99. The van der Waals surface area contributed by atoms with E-state index in [0.29, 0.717) is 16.8 Å². The molecule has 24 heavy (non-hydrogen) atoms. The lowest BCUT2D eigenvalue weighted by Gasteiger charge is -2.16. The Labute approximate surface area is 144 Å². The van der Waals surface area contributed by atoms with Crippen LogP contribution in [0.3, 0.4) is 0 Å². The highest BCUT2D eigenvalue weighted by atomic mass is 32.2. The van der Waals surface area contributed by atoms with E-state index in [1.807, 2.05) is 55.7 Å². The van der Waals surface area contributed by atoms with E-state index in [2.05, 4.69) is 33.5 Å². The van der Waals surface area contributed by atoms with Crippen LogP contribution in [-0.4, -0.2) is 27.8 Å². The number of nitrogens with one attached hydrogen (secondary N) is 1. The highest BCUT2D eigenvalue weighted by molar-refractivity contribution is 7.84. The molecule has 0 aliphatic carbocycles. The summed E-state index contributed by atoms with van der Waals surface area (Å²) in [6.07, 6.45) is 2.01. The molecular weight excluding hydrogens is 320 g/mol. The first-order valence-corrected chi connectivity index (χ1v) is 9.40. The number of rotatable bonds is 6. The maximum atomic E-state index is 12.8. The van der Waals surface area contributed by atoms with Crippen LogP contribution in [0, 0.1) is 5.92 Å². The van der Waals surface area contributed by atoms with E-state index in [1.165, 1.54) is 0 Å². The number of hydrogen-bond acceptors (Lipinski definition) is 3. The van der Waals surface area contributed by atoms with Crippen molar-refractivity contribution in [2.45, 2.75) is 24.8 Å². The lowest BCUT2D eigenvalue weighted by molar-refractivity contribution is -0.697. The first-order chi connectivity index (χ1) is 11.5. The van der Waals surface area contributed by atoms with Gasteiger partial charge in [0, 0.05) is 12.1 Å². The lowest BCUT2D eigenvalue weighted by atomic mass is 10.2. The smallest absolute Gasteiger partial charge is 0.224 e. The Balaban J connectivity index is 1.84. The van der Waals surface area contributed by atoms with Crippen molar-refractivity contribution in [1.82, 2.24) is 9.97 Å². The van der Waals surface area contributed by atoms with Gasteiger partial charge in [0.1, 0.15) is 5.75 Å². The van der Waals surface area contributed by atoms with E-state index < -0.39 is 10.8 Å². The molecule has 1 aromatic carbocycles. The summed E-state index contributed by atoms with van der Waals surface area (Å²) in [5.41, 5.74) is 2.76. The molecule has 1 N–H and O–H groups in total. The number of benzene rings is 1. The summed E-state index contributed by atoms with van der Waals surface area (Å²) in [6.45, 7) is 5.30. The van der Waals surface area contributed by atoms with Gasteiger partial charge in [0.15, 0.2) is 11.4 Å². The van der Waals surface area contributed by atoms with Crippen molar-refractivity contribution in [3.63, 3.8) is 0 Å². The predicted molar refractivity (Wildman–Crippen MR) is 96.7 cm³/mol. The van der Waals surface area contributed by atoms with Crippen LogP contribution < -0.4 is 9.69 Å². The fourth-order valence-corrected chi connectivity index (χ4v) is 3.83. The number of hydrogen-bond donors (Lipinski definition) is 1. The fourth-order valence-electron chi connectivity index (χ4n) is 2.77. The molecular formula is C18H23N4OS+. The second-order valence-electron chi connectivity index (χ2n) is 6.32. The van der Waals surface area contributed by atoms with Crippen LogP contribution in [0.15, 0.2) is 53.8 Å². The molecule has 0 amide bonds. The summed E-state index contributed by atoms with van der Waals surface area (Å²) in [7, 11) is 0.829. The van der Waals surface area contributed by atoms with Crippen LogP contribution in [0.1, 0.15) is 19.5 Å². The van der Waals surface area contributed by atoms with Crippen molar-refractivity contribution in [3.05, 3.63) is 54.4 Å². The minimum Gasteiger partial charge on any atom is -0.331 e. The zero-order valence-electron chi connectivity index (χ0n) is 14.3. The standard InChI is InChI=1S/C18H23N4OS/c1-14(2)12-21(3)22-11-7-6-8-15(22)13-24(23)18-19-16-9-4-5-10-17(16)20-18/h4-11,14H,12-13H2,1-3H3,(H,19,20)/q+1. The van der Waals surface area contributed by atoms with E-state index in [4.69, 9.17) is 0 Å². The summed E-state index contributed by atoms with van der Waals surface area (Å²) in [5.74, 6) is 0.972. The zero-order chi connectivity index (χ0) is 17.1. The van der Waals surface area contributed by atoms with Gasteiger partial charge in [-0.25, -0.2) is 4.98 Å². The third kappa shape index (κ3) is 3.64. The Morgan fingerprint density at radius 3 is 2.71 bits per heavy atom. The summed E-state index contributed by atoms with van der Waals surface area (Å²) < 4.78 is 14.8. The van der Waals surface area contributed by atoms with E-state index in [0.717, 1.165) is 23.3 Å². The second-order valence-corrected chi connectivity index (χ2v) is 7.69. The summed E-state index contributed by atoms with van der Waals surface area (Å²) in [5, 5.41) is 2.67. The van der Waals surface area contributed by atoms with Gasteiger partial charge in [-0.05, 0) is 24.1 Å². The topological polar surface area (TPSA) is 52.9 Å². The van der Waals surface area contributed by atoms with Gasteiger partial charge in [-0.3, -0.25) is 4.21 Å². The van der Waals surface area contributed by atoms with Crippen LogP contribution in [0.4, 0.5) is 0 Å². The number of fused-ring (bicyclic) bond motifs is 1. The number of aromatic amines is 1. The third-order valence-corrected chi connectivity index (χ3v) is 4.96. The molecule has 0 aliphatic heterocycles. The van der Waals surface area contributed by atoms with Gasteiger partial charge in [0.25, 0.3) is 0 Å². The predicted octanol–water partition coefficient (Wildman–Crippen LogP) is 2.38. The molecule has 2 aromatic heterocycles. The number of imidazole rings is 1. The van der Waals surface area contributed by atoms with Gasteiger partial charge >= 0.3 is 0 Å².